The normalized spacial score (nSPS) is 16.0. The Hall–Kier alpha value is -2.09. The lowest BCUT2D eigenvalue weighted by Crippen LogP contribution is -2.25. The molecule has 124 valence electrons. The first-order valence-corrected chi connectivity index (χ1v) is 8.95. The van der Waals surface area contributed by atoms with Crippen LogP contribution in [0.15, 0.2) is 27.5 Å². The Bertz CT molecular complexity index is 827. The monoisotopic (exact) mass is 337 g/mol. The van der Waals surface area contributed by atoms with E-state index < -0.39 is 15.6 Å². The highest BCUT2D eigenvalue weighted by atomic mass is 32.2. The summed E-state index contributed by atoms with van der Waals surface area (Å²) in [5, 5.41) is 7.52. The Morgan fingerprint density at radius 2 is 2.09 bits per heavy atom. The van der Waals surface area contributed by atoms with Gasteiger partial charge in [-0.15, -0.1) is 5.10 Å². The van der Waals surface area contributed by atoms with Crippen LogP contribution >= 0.6 is 0 Å². The van der Waals surface area contributed by atoms with Crippen LogP contribution in [0.3, 0.4) is 0 Å². The summed E-state index contributed by atoms with van der Waals surface area (Å²) in [5.41, 5.74) is 0.447. The molecule has 1 aliphatic rings. The van der Waals surface area contributed by atoms with Crippen LogP contribution in [0.25, 0.3) is 0 Å². The number of nitrogens with zero attached hydrogens (tertiary/aromatic N) is 2. The zero-order valence-corrected chi connectivity index (χ0v) is 14.1. The Kier molecular flexibility index (Phi) is 3.79. The number of aromatic nitrogens is 2. The first-order valence-electron chi connectivity index (χ1n) is 7.47. The van der Waals surface area contributed by atoms with Gasteiger partial charge in [-0.25, -0.2) is 13.1 Å². The minimum atomic E-state index is -3.86. The van der Waals surface area contributed by atoms with Crippen LogP contribution < -0.4 is 9.46 Å². The van der Waals surface area contributed by atoms with Gasteiger partial charge in [0.05, 0.1) is 0 Å². The van der Waals surface area contributed by atoms with Crippen LogP contribution in [0.5, 0.6) is 5.75 Å². The summed E-state index contributed by atoms with van der Waals surface area (Å²) in [5.74, 6) is 0.791. The van der Waals surface area contributed by atoms with Crippen LogP contribution in [0.4, 0.5) is 6.01 Å². The number of hydrogen-bond donors (Lipinski definition) is 1. The van der Waals surface area contributed by atoms with E-state index in [1.165, 1.54) is 6.07 Å². The molecule has 0 unspecified atom stereocenters. The molecular weight excluding hydrogens is 318 g/mol. The Morgan fingerprint density at radius 1 is 1.30 bits per heavy atom. The van der Waals surface area contributed by atoms with Gasteiger partial charge in [0.25, 0.3) is 10.0 Å². The standard InChI is InChI=1S/C15H19N3O4S/c1-4-6-12-16-17-14(21-12)18-23(19,20)11-8-5-7-10-9-15(2,3)22-13(10)11/h5,7-8H,4,6,9H2,1-3H3,(H,17,18). The molecule has 0 aliphatic carbocycles. The number of sulfonamides is 1. The summed E-state index contributed by atoms with van der Waals surface area (Å²) in [6.45, 7) is 5.82. The van der Waals surface area contributed by atoms with Gasteiger partial charge < -0.3 is 9.15 Å². The zero-order valence-electron chi connectivity index (χ0n) is 13.3. The average molecular weight is 337 g/mol. The number of anilines is 1. The molecule has 0 amide bonds. The van der Waals surface area contributed by atoms with Crippen LogP contribution in [-0.4, -0.2) is 24.2 Å². The fraction of sp³-hybridized carbons (Fsp3) is 0.467. The second-order valence-electron chi connectivity index (χ2n) is 6.14. The van der Waals surface area contributed by atoms with Gasteiger partial charge in [-0.05, 0) is 31.9 Å². The first kappa shape index (κ1) is 15.8. The van der Waals surface area contributed by atoms with Crippen LogP contribution in [0, 0.1) is 0 Å². The minimum absolute atomic E-state index is 0.0795. The second-order valence-corrected chi connectivity index (χ2v) is 7.79. The predicted octanol–water partition coefficient (Wildman–Crippen LogP) is 2.54. The van der Waals surface area contributed by atoms with Crippen LogP contribution in [0.2, 0.25) is 0 Å². The number of benzene rings is 1. The molecule has 0 atom stereocenters. The Labute approximate surface area is 135 Å². The van der Waals surface area contributed by atoms with Crippen molar-refractivity contribution in [3.63, 3.8) is 0 Å². The van der Waals surface area contributed by atoms with Crippen molar-refractivity contribution >= 4 is 16.0 Å². The number of rotatable bonds is 5. The van der Waals surface area contributed by atoms with Crippen molar-refractivity contribution in [3.05, 3.63) is 29.7 Å². The van der Waals surface area contributed by atoms with Gasteiger partial charge in [0.15, 0.2) is 0 Å². The lowest BCUT2D eigenvalue weighted by Gasteiger charge is -2.18. The molecule has 1 aromatic heterocycles. The van der Waals surface area contributed by atoms with Gasteiger partial charge in [0.2, 0.25) is 5.89 Å². The SMILES string of the molecule is CCCc1nnc(NS(=O)(=O)c2cccc3c2OC(C)(C)C3)o1. The molecule has 0 bridgehead atoms. The van der Waals surface area contributed by atoms with Crippen molar-refractivity contribution < 1.29 is 17.6 Å². The molecule has 0 spiro atoms. The lowest BCUT2D eigenvalue weighted by atomic mass is 10.0. The molecule has 3 rings (SSSR count). The zero-order chi connectivity index (χ0) is 16.7. The maximum Gasteiger partial charge on any atom is 0.329 e. The lowest BCUT2D eigenvalue weighted by molar-refractivity contribution is 0.135. The molecule has 0 fully saturated rings. The third kappa shape index (κ3) is 3.17. The number of hydrogen-bond acceptors (Lipinski definition) is 6. The molecule has 1 aromatic carbocycles. The van der Waals surface area contributed by atoms with E-state index in [0.717, 1.165) is 12.0 Å². The summed E-state index contributed by atoms with van der Waals surface area (Å²) >= 11 is 0. The highest BCUT2D eigenvalue weighted by molar-refractivity contribution is 7.92. The molecule has 0 saturated carbocycles. The minimum Gasteiger partial charge on any atom is -0.486 e. The van der Waals surface area contributed by atoms with E-state index in [4.69, 9.17) is 9.15 Å². The molecule has 2 aromatic rings. The number of aryl methyl sites for hydroxylation is 1. The quantitative estimate of drug-likeness (QED) is 0.901. The van der Waals surface area contributed by atoms with Crippen molar-refractivity contribution in [1.82, 2.24) is 10.2 Å². The highest BCUT2D eigenvalue weighted by Gasteiger charge is 2.35. The number of nitrogens with one attached hydrogen (secondary N) is 1. The summed E-state index contributed by atoms with van der Waals surface area (Å²) in [6.07, 6.45) is 2.10. The first-order chi connectivity index (χ1) is 10.8. The summed E-state index contributed by atoms with van der Waals surface area (Å²) in [4.78, 5) is 0.0795. The number of fused-ring (bicyclic) bond motifs is 1. The van der Waals surface area contributed by atoms with Crippen molar-refractivity contribution in [3.8, 4) is 5.75 Å². The van der Waals surface area contributed by atoms with Gasteiger partial charge in [-0.3, -0.25) is 0 Å². The van der Waals surface area contributed by atoms with Crippen molar-refractivity contribution in [2.24, 2.45) is 0 Å². The van der Waals surface area contributed by atoms with E-state index in [1.807, 2.05) is 26.8 Å². The molecular formula is C15H19N3O4S. The topological polar surface area (TPSA) is 94.3 Å². The summed E-state index contributed by atoms with van der Waals surface area (Å²) in [7, 11) is -3.86. The van der Waals surface area contributed by atoms with Crippen molar-refractivity contribution in [2.45, 2.75) is 50.5 Å². The number of para-hydroxylation sites is 1. The molecule has 7 nitrogen and oxygen atoms in total. The van der Waals surface area contributed by atoms with E-state index in [0.29, 0.717) is 24.5 Å². The average Bonchev–Trinajstić information content (AvgIpc) is 2.99. The Morgan fingerprint density at radius 3 is 2.83 bits per heavy atom. The summed E-state index contributed by atoms with van der Waals surface area (Å²) in [6, 6.07) is 4.94. The molecule has 1 aliphatic heterocycles. The fourth-order valence-corrected chi connectivity index (χ4v) is 3.68. The number of ether oxygens (including phenoxy) is 1. The molecule has 1 N–H and O–H groups in total. The third-order valence-corrected chi connectivity index (χ3v) is 4.84. The predicted molar refractivity (Wildman–Crippen MR) is 84.0 cm³/mol. The van der Waals surface area contributed by atoms with Gasteiger partial charge in [-0.2, -0.15) is 0 Å². The van der Waals surface area contributed by atoms with Crippen molar-refractivity contribution in [1.29, 1.82) is 0 Å². The van der Waals surface area contributed by atoms with E-state index in [9.17, 15) is 8.42 Å². The van der Waals surface area contributed by atoms with Gasteiger partial charge in [-0.1, -0.05) is 24.2 Å². The fourth-order valence-electron chi connectivity index (χ4n) is 2.58. The largest absolute Gasteiger partial charge is 0.486 e. The molecule has 8 heteroatoms. The smallest absolute Gasteiger partial charge is 0.329 e. The maximum absolute atomic E-state index is 12.6. The Balaban J connectivity index is 1.91. The third-order valence-electron chi connectivity index (χ3n) is 3.50. The molecule has 0 radical (unpaired) electrons. The van der Waals surface area contributed by atoms with E-state index in [1.54, 1.807) is 6.07 Å². The van der Waals surface area contributed by atoms with E-state index in [-0.39, 0.29) is 10.9 Å². The van der Waals surface area contributed by atoms with E-state index >= 15 is 0 Å². The van der Waals surface area contributed by atoms with Crippen LogP contribution in [-0.2, 0) is 22.9 Å². The molecule has 23 heavy (non-hydrogen) atoms. The van der Waals surface area contributed by atoms with Gasteiger partial charge >= 0.3 is 6.01 Å². The van der Waals surface area contributed by atoms with Gasteiger partial charge in [0.1, 0.15) is 16.2 Å². The molecule has 0 saturated heterocycles. The van der Waals surface area contributed by atoms with Gasteiger partial charge in [0, 0.05) is 12.8 Å². The maximum atomic E-state index is 12.6. The highest BCUT2D eigenvalue weighted by Crippen LogP contribution is 2.39. The second kappa shape index (κ2) is 5.52. The van der Waals surface area contributed by atoms with Crippen molar-refractivity contribution in [2.75, 3.05) is 4.72 Å². The summed E-state index contributed by atoms with van der Waals surface area (Å²) < 4.78 is 38.7. The van der Waals surface area contributed by atoms with Crippen LogP contribution in [0.1, 0.15) is 38.6 Å². The molecule has 2 heterocycles. The van der Waals surface area contributed by atoms with E-state index in [2.05, 4.69) is 14.9 Å².